The third-order valence-electron chi connectivity index (χ3n) is 4.43. The molecule has 0 aliphatic carbocycles. The monoisotopic (exact) mass is 271 g/mol. The molecular weight excluding hydrogens is 242 g/mol. The van der Waals surface area contributed by atoms with Gasteiger partial charge in [-0.1, -0.05) is 6.92 Å². The van der Waals surface area contributed by atoms with Crippen LogP contribution in [0.3, 0.4) is 0 Å². The fraction of sp³-hybridized carbons (Fsp3) is 1.00. The number of nitrogens with one attached hydrogen (secondary N) is 1. The second-order valence-electron chi connectivity index (χ2n) is 5.62. The summed E-state index contributed by atoms with van der Waals surface area (Å²) in [5.41, 5.74) is -0.0611. The summed E-state index contributed by atoms with van der Waals surface area (Å²) in [6.45, 7) is 9.44. The molecule has 2 fully saturated rings. The Labute approximate surface area is 117 Å². The first kappa shape index (κ1) is 15.2. The highest BCUT2D eigenvalue weighted by molar-refractivity contribution is 4.99. The van der Waals surface area contributed by atoms with E-state index in [9.17, 15) is 0 Å². The van der Waals surface area contributed by atoms with E-state index in [0.717, 1.165) is 52.4 Å². The van der Waals surface area contributed by atoms with Crippen LogP contribution in [0.15, 0.2) is 0 Å². The molecule has 0 aromatic rings. The standard InChI is InChI=1S/C15H29NO3/c1-3-16-14(13-6-5-9-18-12-13)15(19-4-2)7-10-17-11-8-15/h13-14,16H,3-12H2,1-2H3. The average molecular weight is 271 g/mol. The van der Waals surface area contributed by atoms with Gasteiger partial charge in [0, 0.05) is 51.2 Å². The average Bonchev–Trinajstić information content (AvgIpc) is 2.47. The van der Waals surface area contributed by atoms with E-state index in [1.807, 2.05) is 0 Å². The van der Waals surface area contributed by atoms with Crippen LogP contribution in [0, 0.1) is 5.92 Å². The summed E-state index contributed by atoms with van der Waals surface area (Å²) in [5.74, 6) is 0.568. The zero-order valence-corrected chi connectivity index (χ0v) is 12.5. The number of likely N-dealkylation sites (N-methyl/N-ethyl adjacent to an activating group) is 1. The van der Waals surface area contributed by atoms with E-state index in [-0.39, 0.29) is 5.60 Å². The summed E-state index contributed by atoms with van der Waals surface area (Å²) in [4.78, 5) is 0. The van der Waals surface area contributed by atoms with E-state index in [4.69, 9.17) is 14.2 Å². The van der Waals surface area contributed by atoms with Gasteiger partial charge in [-0.25, -0.2) is 0 Å². The molecule has 1 N–H and O–H groups in total. The van der Waals surface area contributed by atoms with Gasteiger partial charge < -0.3 is 19.5 Å². The van der Waals surface area contributed by atoms with Crippen LogP contribution in [0.1, 0.15) is 39.5 Å². The summed E-state index contributed by atoms with van der Waals surface area (Å²) < 4.78 is 17.5. The summed E-state index contributed by atoms with van der Waals surface area (Å²) in [5, 5.41) is 3.69. The van der Waals surface area contributed by atoms with E-state index in [0.29, 0.717) is 12.0 Å². The van der Waals surface area contributed by atoms with E-state index in [2.05, 4.69) is 19.2 Å². The van der Waals surface area contributed by atoms with Crippen LogP contribution >= 0.6 is 0 Å². The minimum atomic E-state index is -0.0611. The third-order valence-corrected chi connectivity index (χ3v) is 4.43. The Morgan fingerprint density at radius 2 is 2.00 bits per heavy atom. The first-order valence-corrected chi connectivity index (χ1v) is 7.85. The van der Waals surface area contributed by atoms with Crippen molar-refractivity contribution in [1.29, 1.82) is 0 Å². The van der Waals surface area contributed by atoms with Crippen molar-refractivity contribution in [3.8, 4) is 0 Å². The largest absolute Gasteiger partial charge is 0.381 e. The number of rotatable bonds is 6. The Bertz CT molecular complexity index is 242. The van der Waals surface area contributed by atoms with Crippen molar-refractivity contribution in [2.45, 2.75) is 51.2 Å². The molecule has 2 unspecified atom stereocenters. The maximum atomic E-state index is 6.24. The van der Waals surface area contributed by atoms with Crippen molar-refractivity contribution in [3.05, 3.63) is 0 Å². The van der Waals surface area contributed by atoms with Gasteiger partial charge in [-0.15, -0.1) is 0 Å². The normalized spacial score (nSPS) is 29.1. The summed E-state index contributed by atoms with van der Waals surface area (Å²) in [7, 11) is 0. The smallest absolute Gasteiger partial charge is 0.0881 e. The number of hydrogen-bond acceptors (Lipinski definition) is 4. The number of ether oxygens (including phenoxy) is 3. The Hall–Kier alpha value is -0.160. The molecule has 0 radical (unpaired) electrons. The minimum Gasteiger partial charge on any atom is -0.381 e. The van der Waals surface area contributed by atoms with Gasteiger partial charge in [-0.3, -0.25) is 0 Å². The zero-order chi connectivity index (χ0) is 13.6. The van der Waals surface area contributed by atoms with Crippen LogP contribution in [0.5, 0.6) is 0 Å². The molecule has 4 heteroatoms. The lowest BCUT2D eigenvalue weighted by Crippen LogP contribution is -2.60. The lowest BCUT2D eigenvalue weighted by molar-refractivity contribution is -0.144. The van der Waals surface area contributed by atoms with E-state index in [1.54, 1.807) is 0 Å². The van der Waals surface area contributed by atoms with Crippen molar-refractivity contribution in [2.24, 2.45) is 5.92 Å². The van der Waals surface area contributed by atoms with E-state index < -0.39 is 0 Å². The highest BCUT2D eigenvalue weighted by Gasteiger charge is 2.44. The van der Waals surface area contributed by atoms with Crippen molar-refractivity contribution >= 4 is 0 Å². The Morgan fingerprint density at radius 3 is 2.58 bits per heavy atom. The van der Waals surface area contributed by atoms with Crippen LogP contribution < -0.4 is 5.32 Å². The van der Waals surface area contributed by atoms with Crippen LogP contribution in [0.25, 0.3) is 0 Å². The van der Waals surface area contributed by atoms with Gasteiger partial charge in [0.05, 0.1) is 12.2 Å². The second kappa shape index (κ2) is 7.58. The molecular formula is C15H29NO3. The molecule has 2 saturated heterocycles. The fourth-order valence-corrected chi connectivity index (χ4v) is 3.58. The quantitative estimate of drug-likeness (QED) is 0.802. The lowest BCUT2D eigenvalue weighted by Gasteiger charge is -2.47. The molecule has 0 amide bonds. The molecule has 4 nitrogen and oxygen atoms in total. The summed E-state index contributed by atoms with van der Waals surface area (Å²) in [6, 6.07) is 0.390. The predicted octanol–water partition coefficient (Wildman–Crippen LogP) is 1.98. The molecule has 2 rings (SSSR count). The molecule has 19 heavy (non-hydrogen) atoms. The molecule has 2 heterocycles. The van der Waals surface area contributed by atoms with Gasteiger partial charge >= 0.3 is 0 Å². The summed E-state index contributed by atoms with van der Waals surface area (Å²) in [6.07, 6.45) is 4.41. The molecule has 112 valence electrons. The molecule has 0 saturated carbocycles. The predicted molar refractivity (Wildman–Crippen MR) is 75.4 cm³/mol. The first-order valence-electron chi connectivity index (χ1n) is 7.85. The van der Waals surface area contributed by atoms with Crippen LogP contribution in [0.4, 0.5) is 0 Å². The zero-order valence-electron chi connectivity index (χ0n) is 12.5. The fourth-order valence-electron chi connectivity index (χ4n) is 3.58. The van der Waals surface area contributed by atoms with Gasteiger partial charge in [0.25, 0.3) is 0 Å². The molecule has 2 aliphatic heterocycles. The lowest BCUT2D eigenvalue weighted by atomic mass is 9.77. The molecule has 0 aromatic heterocycles. The van der Waals surface area contributed by atoms with Crippen LogP contribution in [0.2, 0.25) is 0 Å². The van der Waals surface area contributed by atoms with Gasteiger partial charge in [0.2, 0.25) is 0 Å². The third kappa shape index (κ3) is 3.69. The highest BCUT2D eigenvalue weighted by atomic mass is 16.5. The molecule has 0 bridgehead atoms. The SMILES string of the molecule is CCNC(C1CCCOC1)C1(OCC)CCOCC1. The molecule has 0 aromatic carbocycles. The molecule has 2 atom stereocenters. The highest BCUT2D eigenvalue weighted by Crippen LogP contribution is 2.35. The van der Waals surface area contributed by atoms with Gasteiger partial charge in [0.15, 0.2) is 0 Å². The van der Waals surface area contributed by atoms with Crippen LogP contribution in [-0.2, 0) is 14.2 Å². The van der Waals surface area contributed by atoms with Gasteiger partial charge in [0.1, 0.15) is 0 Å². The maximum absolute atomic E-state index is 6.24. The van der Waals surface area contributed by atoms with Crippen molar-refractivity contribution in [2.75, 3.05) is 39.6 Å². The maximum Gasteiger partial charge on any atom is 0.0881 e. The number of hydrogen-bond donors (Lipinski definition) is 1. The molecule has 0 spiro atoms. The van der Waals surface area contributed by atoms with E-state index in [1.165, 1.54) is 12.8 Å². The Balaban J connectivity index is 2.12. The van der Waals surface area contributed by atoms with Crippen molar-refractivity contribution in [3.63, 3.8) is 0 Å². The summed E-state index contributed by atoms with van der Waals surface area (Å²) >= 11 is 0. The van der Waals surface area contributed by atoms with Crippen LogP contribution in [-0.4, -0.2) is 51.2 Å². The topological polar surface area (TPSA) is 39.7 Å². The first-order chi connectivity index (χ1) is 9.32. The van der Waals surface area contributed by atoms with Crippen molar-refractivity contribution < 1.29 is 14.2 Å². The second-order valence-corrected chi connectivity index (χ2v) is 5.62. The molecule has 2 aliphatic rings. The minimum absolute atomic E-state index is 0.0611. The van der Waals surface area contributed by atoms with Gasteiger partial charge in [-0.2, -0.15) is 0 Å². The Morgan fingerprint density at radius 1 is 1.21 bits per heavy atom. The van der Waals surface area contributed by atoms with Gasteiger partial charge in [-0.05, 0) is 26.3 Å². The van der Waals surface area contributed by atoms with Crippen molar-refractivity contribution in [1.82, 2.24) is 5.32 Å². The van der Waals surface area contributed by atoms with E-state index >= 15 is 0 Å². The Kier molecular flexibility index (Phi) is 6.07.